The van der Waals surface area contributed by atoms with Crippen molar-refractivity contribution in [2.75, 3.05) is 23.0 Å². The van der Waals surface area contributed by atoms with Crippen LogP contribution in [0.2, 0.25) is 0 Å². The zero-order valence-electron chi connectivity index (χ0n) is 16.5. The Kier molecular flexibility index (Phi) is 6.82. The standard InChI is InChI=1S/C24H27N3O/c1-3-26(4-2)22-14-10-20(11-15-22)18-25-27(23-8-6-5-7-9-23)24-16-12-21(19-28)13-17-24/h5-18,28H,3-4,19H2,1-2H3. The van der Waals surface area contributed by atoms with Crippen molar-refractivity contribution in [3.63, 3.8) is 0 Å². The molecule has 0 radical (unpaired) electrons. The van der Waals surface area contributed by atoms with Crippen molar-refractivity contribution in [2.24, 2.45) is 5.10 Å². The number of hydrogen-bond acceptors (Lipinski definition) is 4. The zero-order chi connectivity index (χ0) is 19.8. The number of hydrazone groups is 1. The van der Waals surface area contributed by atoms with Gasteiger partial charge >= 0.3 is 0 Å². The van der Waals surface area contributed by atoms with E-state index in [4.69, 9.17) is 5.10 Å². The Morgan fingerprint density at radius 3 is 1.89 bits per heavy atom. The molecule has 0 unspecified atom stereocenters. The van der Waals surface area contributed by atoms with E-state index in [9.17, 15) is 5.11 Å². The lowest BCUT2D eigenvalue weighted by Gasteiger charge is -2.21. The quantitative estimate of drug-likeness (QED) is 0.436. The number of hydrogen-bond donors (Lipinski definition) is 1. The van der Waals surface area contributed by atoms with E-state index in [-0.39, 0.29) is 6.61 Å². The first-order valence-corrected chi connectivity index (χ1v) is 9.69. The molecular weight excluding hydrogens is 346 g/mol. The normalized spacial score (nSPS) is 11.0. The molecule has 0 saturated carbocycles. The molecule has 0 aliphatic rings. The second-order valence-electron chi connectivity index (χ2n) is 6.48. The van der Waals surface area contributed by atoms with Crippen LogP contribution in [0.4, 0.5) is 17.1 Å². The van der Waals surface area contributed by atoms with Crippen molar-refractivity contribution in [2.45, 2.75) is 20.5 Å². The molecule has 0 bridgehead atoms. The molecule has 0 spiro atoms. The van der Waals surface area contributed by atoms with Crippen molar-refractivity contribution in [3.05, 3.63) is 90.0 Å². The maximum Gasteiger partial charge on any atom is 0.0681 e. The lowest BCUT2D eigenvalue weighted by molar-refractivity contribution is 0.282. The smallest absolute Gasteiger partial charge is 0.0681 e. The van der Waals surface area contributed by atoms with Gasteiger partial charge in [0.2, 0.25) is 0 Å². The Bertz CT molecular complexity index is 870. The van der Waals surface area contributed by atoms with E-state index in [0.29, 0.717) is 0 Å². The van der Waals surface area contributed by atoms with Gasteiger partial charge in [0.25, 0.3) is 0 Å². The summed E-state index contributed by atoms with van der Waals surface area (Å²) in [7, 11) is 0. The van der Waals surface area contributed by atoms with Gasteiger partial charge in [-0.05, 0) is 61.4 Å². The topological polar surface area (TPSA) is 39.1 Å². The van der Waals surface area contributed by atoms with Crippen LogP contribution in [0, 0.1) is 0 Å². The molecule has 3 aromatic rings. The fraction of sp³-hybridized carbons (Fsp3) is 0.208. The van der Waals surface area contributed by atoms with E-state index >= 15 is 0 Å². The molecule has 0 heterocycles. The van der Waals surface area contributed by atoms with Crippen LogP contribution in [0.15, 0.2) is 84.0 Å². The molecule has 0 amide bonds. The van der Waals surface area contributed by atoms with Gasteiger partial charge in [-0.25, -0.2) is 5.01 Å². The maximum absolute atomic E-state index is 9.29. The third-order valence-corrected chi connectivity index (χ3v) is 4.71. The van der Waals surface area contributed by atoms with Gasteiger partial charge in [0.1, 0.15) is 0 Å². The zero-order valence-corrected chi connectivity index (χ0v) is 16.5. The number of aliphatic hydroxyl groups is 1. The highest BCUT2D eigenvalue weighted by atomic mass is 16.3. The van der Waals surface area contributed by atoms with E-state index in [1.165, 1.54) is 5.69 Å². The minimum Gasteiger partial charge on any atom is -0.392 e. The Morgan fingerprint density at radius 2 is 1.32 bits per heavy atom. The van der Waals surface area contributed by atoms with Crippen LogP contribution in [0.3, 0.4) is 0 Å². The average Bonchev–Trinajstić information content (AvgIpc) is 2.77. The fourth-order valence-electron chi connectivity index (χ4n) is 3.08. The van der Waals surface area contributed by atoms with Crippen LogP contribution in [-0.2, 0) is 6.61 Å². The molecule has 0 atom stereocenters. The highest BCUT2D eigenvalue weighted by Gasteiger charge is 2.07. The molecule has 4 heteroatoms. The largest absolute Gasteiger partial charge is 0.392 e. The summed E-state index contributed by atoms with van der Waals surface area (Å²) in [5.74, 6) is 0. The van der Waals surface area contributed by atoms with E-state index in [2.05, 4.69) is 43.0 Å². The van der Waals surface area contributed by atoms with Crippen molar-refractivity contribution >= 4 is 23.3 Å². The molecule has 0 aromatic heterocycles. The summed E-state index contributed by atoms with van der Waals surface area (Å²) < 4.78 is 0. The molecule has 1 N–H and O–H groups in total. The van der Waals surface area contributed by atoms with E-state index in [1.54, 1.807) is 0 Å². The first-order valence-electron chi connectivity index (χ1n) is 9.69. The first-order chi connectivity index (χ1) is 13.7. The highest BCUT2D eigenvalue weighted by molar-refractivity contribution is 5.82. The fourth-order valence-corrected chi connectivity index (χ4v) is 3.08. The predicted octanol–water partition coefficient (Wildman–Crippen LogP) is 5.20. The average molecular weight is 374 g/mol. The number of rotatable bonds is 8. The molecule has 3 aromatic carbocycles. The highest BCUT2D eigenvalue weighted by Crippen LogP contribution is 2.26. The second-order valence-corrected chi connectivity index (χ2v) is 6.48. The minimum atomic E-state index is 0.0355. The van der Waals surface area contributed by atoms with Gasteiger partial charge in [0, 0.05) is 18.8 Å². The summed E-state index contributed by atoms with van der Waals surface area (Å²) in [5.41, 5.74) is 5.08. The van der Waals surface area contributed by atoms with Crippen molar-refractivity contribution in [1.29, 1.82) is 0 Å². The Labute approximate surface area is 167 Å². The maximum atomic E-state index is 9.29. The molecular formula is C24H27N3O. The number of para-hydroxylation sites is 1. The summed E-state index contributed by atoms with van der Waals surface area (Å²) in [6.45, 7) is 6.36. The Balaban J connectivity index is 1.86. The van der Waals surface area contributed by atoms with Crippen LogP contribution in [-0.4, -0.2) is 24.4 Å². The molecule has 0 saturated heterocycles. The number of benzene rings is 3. The molecule has 144 valence electrons. The summed E-state index contributed by atoms with van der Waals surface area (Å²) in [6.07, 6.45) is 1.87. The molecule has 0 aliphatic carbocycles. The second kappa shape index (κ2) is 9.72. The lowest BCUT2D eigenvalue weighted by Crippen LogP contribution is -2.21. The molecule has 28 heavy (non-hydrogen) atoms. The van der Waals surface area contributed by atoms with Crippen molar-refractivity contribution in [3.8, 4) is 0 Å². The van der Waals surface area contributed by atoms with Crippen LogP contribution in [0.1, 0.15) is 25.0 Å². The van der Waals surface area contributed by atoms with Crippen LogP contribution in [0.25, 0.3) is 0 Å². The minimum absolute atomic E-state index is 0.0355. The van der Waals surface area contributed by atoms with Crippen LogP contribution in [0.5, 0.6) is 0 Å². The van der Waals surface area contributed by atoms with E-state index < -0.39 is 0 Å². The van der Waals surface area contributed by atoms with Gasteiger partial charge in [0.15, 0.2) is 0 Å². The van der Waals surface area contributed by atoms with Gasteiger partial charge in [-0.3, -0.25) is 0 Å². The predicted molar refractivity (Wildman–Crippen MR) is 119 cm³/mol. The summed E-state index contributed by atoms with van der Waals surface area (Å²) in [5, 5.41) is 15.9. The molecule has 3 rings (SSSR count). The summed E-state index contributed by atoms with van der Waals surface area (Å²) in [6, 6.07) is 26.3. The summed E-state index contributed by atoms with van der Waals surface area (Å²) in [4.78, 5) is 2.32. The third-order valence-electron chi connectivity index (χ3n) is 4.71. The molecule has 0 aliphatic heterocycles. The number of nitrogens with zero attached hydrogens (tertiary/aromatic N) is 3. The SMILES string of the molecule is CCN(CC)c1ccc(C=NN(c2ccccc2)c2ccc(CO)cc2)cc1. The Morgan fingerprint density at radius 1 is 0.750 bits per heavy atom. The van der Waals surface area contributed by atoms with Crippen molar-refractivity contribution in [1.82, 2.24) is 0 Å². The van der Waals surface area contributed by atoms with Crippen LogP contribution < -0.4 is 9.91 Å². The van der Waals surface area contributed by atoms with Gasteiger partial charge in [0.05, 0.1) is 24.2 Å². The van der Waals surface area contributed by atoms with E-state index in [0.717, 1.165) is 35.6 Å². The third kappa shape index (κ3) is 4.78. The van der Waals surface area contributed by atoms with Gasteiger partial charge in [-0.15, -0.1) is 0 Å². The molecule has 0 fully saturated rings. The first kappa shape index (κ1) is 19.6. The Hall–Kier alpha value is -3.11. The van der Waals surface area contributed by atoms with E-state index in [1.807, 2.05) is 65.8 Å². The van der Waals surface area contributed by atoms with Gasteiger partial charge in [-0.1, -0.05) is 42.5 Å². The lowest BCUT2D eigenvalue weighted by atomic mass is 10.2. The van der Waals surface area contributed by atoms with Gasteiger partial charge in [-0.2, -0.15) is 5.10 Å². The van der Waals surface area contributed by atoms with Crippen LogP contribution >= 0.6 is 0 Å². The number of aliphatic hydroxyl groups excluding tert-OH is 1. The number of anilines is 3. The van der Waals surface area contributed by atoms with Crippen molar-refractivity contribution < 1.29 is 5.11 Å². The molecule has 4 nitrogen and oxygen atoms in total. The van der Waals surface area contributed by atoms with Gasteiger partial charge < -0.3 is 10.0 Å². The summed E-state index contributed by atoms with van der Waals surface area (Å²) >= 11 is 0. The monoisotopic (exact) mass is 373 g/mol.